The number of carbonyl (C=O) groups is 1. The van der Waals surface area contributed by atoms with Gasteiger partial charge in [0.1, 0.15) is 5.75 Å². The number of ether oxygens (including phenoxy) is 1. The fourth-order valence-electron chi connectivity index (χ4n) is 3.41. The normalized spacial score (nSPS) is 14.8. The molecule has 1 aliphatic rings. The van der Waals surface area contributed by atoms with Gasteiger partial charge in [-0.25, -0.2) is 8.42 Å². The van der Waals surface area contributed by atoms with Crippen LogP contribution in [0, 0.1) is 0 Å². The van der Waals surface area contributed by atoms with E-state index in [1.54, 1.807) is 23.1 Å². The first-order valence-electron chi connectivity index (χ1n) is 9.51. The Hall–Kier alpha value is -2.09. The van der Waals surface area contributed by atoms with Crippen molar-refractivity contribution in [2.45, 2.75) is 30.7 Å². The van der Waals surface area contributed by atoms with Gasteiger partial charge in [-0.2, -0.15) is 4.31 Å². The molecule has 6 nitrogen and oxygen atoms in total. The smallest absolute Gasteiger partial charge is 0.257 e. The van der Waals surface area contributed by atoms with Crippen LogP contribution < -0.4 is 4.74 Å². The highest BCUT2D eigenvalue weighted by atomic mass is 35.5. The van der Waals surface area contributed by atoms with Crippen molar-refractivity contribution in [1.82, 2.24) is 9.21 Å². The van der Waals surface area contributed by atoms with Crippen LogP contribution >= 0.6 is 11.6 Å². The predicted molar refractivity (Wildman–Crippen MR) is 113 cm³/mol. The number of likely N-dealkylation sites (tertiary alicyclic amines) is 1. The van der Waals surface area contributed by atoms with Gasteiger partial charge in [0.25, 0.3) is 5.91 Å². The van der Waals surface area contributed by atoms with Crippen molar-refractivity contribution in [1.29, 1.82) is 0 Å². The van der Waals surface area contributed by atoms with Crippen LogP contribution in [0.1, 0.15) is 35.2 Å². The molecule has 2 aromatic rings. The molecule has 1 aliphatic heterocycles. The minimum Gasteiger partial charge on any atom is -0.496 e. The Balaban J connectivity index is 1.90. The minimum absolute atomic E-state index is 0.0493. The fraction of sp³-hybridized carbons (Fsp3) is 0.381. The molecule has 29 heavy (non-hydrogen) atoms. The first kappa shape index (κ1) is 21.6. The molecule has 0 bridgehead atoms. The average Bonchev–Trinajstić information content (AvgIpc) is 2.74. The van der Waals surface area contributed by atoms with E-state index in [1.807, 2.05) is 6.07 Å². The zero-order chi connectivity index (χ0) is 21.0. The van der Waals surface area contributed by atoms with E-state index in [-0.39, 0.29) is 22.9 Å². The van der Waals surface area contributed by atoms with Gasteiger partial charge in [-0.05, 0) is 49.1 Å². The Morgan fingerprint density at radius 2 is 1.83 bits per heavy atom. The lowest BCUT2D eigenvalue weighted by Gasteiger charge is -2.27. The molecule has 0 aromatic heterocycles. The third-order valence-electron chi connectivity index (χ3n) is 5.10. The molecule has 0 aliphatic carbocycles. The number of amides is 1. The number of hydrogen-bond donors (Lipinski definition) is 0. The highest BCUT2D eigenvalue weighted by Gasteiger charge is 2.27. The van der Waals surface area contributed by atoms with Gasteiger partial charge in [-0.3, -0.25) is 4.79 Å². The largest absolute Gasteiger partial charge is 0.496 e. The number of rotatable bonds is 6. The van der Waals surface area contributed by atoms with Crippen LogP contribution in [0.15, 0.2) is 47.4 Å². The van der Waals surface area contributed by atoms with E-state index in [0.29, 0.717) is 29.4 Å². The van der Waals surface area contributed by atoms with Crippen molar-refractivity contribution in [2.24, 2.45) is 0 Å². The average molecular weight is 437 g/mol. The van der Waals surface area contributed by atoms with Crippen molar-refractivity contribution >= 4 is 27.5 Å². The minimum atomic E-state index is -3.82. The molecule has 0 N–H and O–H groups in total. The van der Waals surface area contributed by atoms with E-state index in [2.05, 4.69) is 0 Å². The zero-order valence-corrected chi connectivity index (χ0v) is 18.2. The Bertz CT molecular complexity index is 988. The molecule has 8 heteroatoms. The van der Waals surface area contributed by atoms with Gasteiger partial charge >= 0.3 is 0 Å². The number of piperidine rings is 1. The van der Waals surface area contributed by atoms with Crippen LogP contribution in [-0.4, -0.2) is 50.8 Å². The molecule has 0 saturated carbocycles. The molecule has 0 unspecified atom stereocenters. The number of halogens is 1. The summed E-state index contributed by atoms with van der Waals surface area (Å²) in [6, 6.07) is 11.5. The zero-order valence-electron chi connectivity index (χ0n) is 16.6. The Labute approximate surface area is 177 Å². The monoisotopic (exact) mass is 436 g/mol. The quantitative estimate of drug-likeness (QED) is 0.690. The Kier molecular flexibility index (Phi) is 6.82. The van der Waals surface area contributed by atoms with Crippen molar-refractivity contribution in [3.63, 3.8) is 0 Å². The molecular weight excluding hydrogens is 412 g/mol. The van der Waals surface area contributed by atoms with Crippen LogP contribution in [0.5, 0.6) is 5.75 Å². The van der Waals surface area contributed by atoms with E-state index in [9.17, 15) is 13.2 Å². The second-order valence-electron chi connectivity index (χ2n) is 7.07. The maximum absolute atomic E-state index is 13.1. The fourth-order valence-corrected chi connectivity index (χ4v) is 4.78. The lowest BCUT2D eigenvalue weighted by molar-refractivity contribution is 0.0720. The van der Waals surface area contributed by atoms with Gasteiger partial charge in [0, 0.05) is 31.7 Å². The molecule has 1 amide bonds. The summed E-state index contributed by atoms with van der Waals surface area (Å²) in [5.74, 6) is 0.167. The van der Waals surface area contributed by atoms with Gasteiger partial charge < -0.3 is 9.64 Å². The number of nitrogens with zero attached hydrogens (tertiary/aromatic N) is 2. The van der Waals surface area contributed by atoms with Crippen LogP contribution in [0.25, 0.3) is 0 Å². The van der Waals surface area contributed by atoms with Crippen LogP contribution in [-0.2, 0) is 16.6 Å². The molecule has 1 fully saturated rings. The van der Waals surface area contributed by atoms with Crippen molar-refractivity contribution in [3.8, 4) is 5.75 Å². The van der Waals surface area contributed by atoms with Gasteiger partial charge in [0.05, 0.1) is 17.6 Å². The molecular formula is C21H25ClN2O4S. The summed E-state index contributed by atoms with van der Waals surface area (Å²) in [4.78, 5) is 14.8. The van der Waals surface area contributed by atoms with E-state index in [4.69, 9.17) is 16.3 Å². The third-order valence-corrected chi connectivity index (χ3v) is 7.27. The second kappa shape index (κ2) is 9.15. The molecule has 156 valence electrons. The molecule has 1 heterocycles. The summed E-state index contributed by atoms with van der Waals surface area (Å²) < 4.78 is 32.8. The molecule has 1 saturated heterocycles. The summed E-state index contributed by atoms with van der Waals surface area (Å²) in [7, 11) is -0.850. The van der Waals surface area contributed by atoms with Gasteiger partial charge in [-0.1, -0.05) is 29.8 Å². The van der Waals surface area contributed by atoms with Gasteiger partial charge in [0.15, 0.2) is 0 Å². The summed E-state index contributed by atoms with van der Waals surface area (Å²) in [5, 5.41) is 0.505. The van der Waals surface area contributed by atoms with Gasteiger partial charge in [0.2, 0.25) is 10.0 Å². The summed E-state index contributed by atoms with van der Waals surface area (Å²) in [5.41, 5.74) is 0.972. The lowest BCUT2D eigenvalue weighted by atomic mass is 10.1. The number of hydrogen-bond acceptors (Lipinski definition) is 4. The van der Waals surface area contributed by atoms with Crippen molar-refractivity contribution in [3.05, 3.63) is 58.6 Å². The van der Waals surface area contributed by atoms with Crippen LogP contribution in [0.2, 0.25) is 5.02 Å². The highest BCUT2D eigenvalue weighted by molar-refractivity contribution is 7.89. The maximum Gasteiger partial charge on any atom is 0.257 e. The van der Waals surface area contributed by atoms with Gasteiger partial charge in [-0.15, -0.1) is 0 Å². The summed E-state index contributed by atoms with van der Waals surface area (Å²) in [6.45, 7) is 1.47. The van der Waals surface area contributed by atoms with E-state index >= 15 is 0 Å². The number of carbonyl (C=O) groups excluding carboxylic acids is 1. The maximum atomic E-state index is 13.1. The van der Waals surface area contributed by atoms with Crippen LogP contribution in [0.3, 0.4) is 0 Å². The highest BCUT2D eigenvalue weighted by Crippen LogP contribution is 2.27. The molecule has 0 radical (unpaired) electrons. The van der Waals surface area contributed by atoms with E-state index in [0.717, 1.165) is 19.3 Å². The predicted octanol–water partition coefficient (Wildman–Crippen LogP) is 3.80. The lowest BCUT2D eigenvalue weighted by Crippen LogP contribution is -2.36. The summed E-state index contributed by atoms with van der Waals surface area (Å²) >= 11 is 6.17. The van der Waals surface area contributed by atoms with E-state index < -0.39 is 10.0 Å². The van der Waals surface area contributed by atoms with Crippen LogP contribution in [0.4, 0.5) is 0 Å². The first-order valence-corrected chi connectivity index (χ1v) is 11.3. The van der Waals surface area contributed by atoms with E-state index in [1.165, 1.54) is 36.7 Å². The number of sulfonamides is 1. The Morgan fingerprint density at radius 3 is 2.48 bits per heavy atom. The Morgan fingerprint density at radius 1 is 1.14 bits per heavy atom. The first-order chi connectivity index (χ1) is 13.8. The standard InChI is InChI=1S/C21H25ClN2O4S/c1-23(15-16-8-4-5-9-19(16)22)29(26,27)17-10-11-20(28-2)18(14-17)21(25)24-12-6-3-7-13-24/h4-5,8-11,14H,3,6-7,12-13,15H2,1-2H3. The number of methoxy groups -OCH3 is 1. The molecule has 0 spiro atoms. The topological polar surface area (TPSA) is 66.9 Å². The van der Waals surface area contributed by atoms with Crippen molar-refractivity contribution < 1.29 is 17.9 Å². The summed E-state index contributed by atoms with van der Waals surface area (Å²) in [6.07, 6.45) is 3.00. The SMILES string of the molecule is COc1ccc(S(=O)(=O)N(C)Cc2ccccc2Cl)cc1C(=O)N1CCCCC1. The second-order valence-corrected chi connectivity index (χ2v) is 9.52. The van der Waals surface area contributed by atoms with Crippen molar-refractivity contribution in [2.75, 3.05) is 27.2 Å². The molecule has 3 rings (SSSR count). The number of benzene rings is 2. The third kappa shape index (κ3) is 4.74. The molecule has 2 aromatic carbocycles. The molecule has 0 atom stereocenters.